The molecule has 0 unspecified atom stereocenters. The van der Waals surface area contributed by atoms with Crippen molar-refractivity contribution in [1.82, 2.24) is 5.32 Å². The van der Waals surface area contributed by atoms with Crippen LogP contribution in [0.25, 0.3) is 0 Å². The lowest BCUT2D eigenvalue weighted by atomic mass is 10.1. The van der Waals surface area contributed by atoms with Gasteiger partial charge in [-0.05, 0) is 18.3 Å². The van der Waals surface area contributed by atoms with Gasteiger partial charge >= 0.3 is 5.97 Å². The molecular formula is C13H19N3O3S. The van der Waals surface area contributed by atoms with E-state index in [0.29, 0.717) is 10.6 Å². The van der Waals surface area contributed by atoms with Crippen LogP contribution in [0, 0.1) is 5.41 Å². The van der Waals surface area contributed by atoms with E-state index in [1.807, 2.05) is 0 Å². The number of thiophene rings is 1. The van der Waals surface area contributed by atoms with Crippen molar-refractivity contribution >= 4 is 33.9 Å². The molecule has 1 aromatic rings. The quantitative estimate of drug-likeness (QED) is 0.719. The lowest BCUT2D eigenvalue weighted by molar-refractivity contribution is 0.0607. The van der Waals surface area contributed by atoms with E-state index in [0.717, 1.165) is 17.9 Å². The summed E-state index contributed by atoms with van der Waals surface area (Å²) in [7, 11) is 2.82. The van der Waals surface area contributed by atoms with Gasteiger partial charge in [-0.1, -0.05) is 6.92 Å². The van der Waals surface area contributed by atoms with Crippen molar-refractivity contribution in [3.63, 3.8) is 0 Å². The predicted octanol–water partition coefficient (Wildman–Crippen LogP) is 1.69. The van der Waals surface area contributed by atoms with Crippen molar-refractivity contribution in [2.24, 2.45) is 5.41 Å². The molecule has 1 aliphatic rings. The van der Waals surface area contributed by atoms with Crippen LogP contribution >= 0.6 is 11.3 Å². The molecule has 4 N–H and O–H groups in total. The Labute approximate surface area is 121 Å². The fourth-order valence-corrected chi connectivity index (χ4v) is 2.88. The van der Waals surface area contributed by atoms with Crippen LogP contribution in [-0.4, -0.2) is 32.6 Å². The molecule has 20 heavy (non-hydrogen) atoms. The summed E-state index contributed by atoms with van der Waals surface area (Å²) in [5, 5.41) is 6.40. The molecule has 0 saturated heterocycles. The van der Waals surface area contributed by atoms with E-state index in [1.165, 1.54) is 27.0 Å². The summed E-state index contributed by atoms with van der Waals surface area (Å²) in [4.78, 5) is 23.9. The molecule has 0 aromatic carbocycles. The highest BCUT2D eigenvalue weighted by atomic mass is 32.1. The van der Waals surface area contributed by atoms with Crippen LogP contribution in [0.15, 0.2) is 0 Å². The summed E-state index contributed by atoms with van der Waals surface area (Å²) in [6, 6.07) is 0. The summed E-state index contributed by atoms with van der Waals surface area (Å²) in [6.07, 6.45) is 2.33. The Morgan fingerprint density at radius 2 is 2.10 bits per heavy atom. The van der Waals surface area contributed by atoms with Crippen molar-refractivity contribution in [3.05, 3.63) is 10.4 Å². The number of nitrogen functional groups attached to an aromatic ring is 1. The molecule has 0 atom stereocenters. The average molecular weight is 297 g/mol. The van der Waals surface area contributed by atoms with Crippen LogP contribution in [0.1, 0.15) is 39.8 Å². The highest BCUT2D eigenvalue weighted by molar-refractivity contribution is 7.19. The average Bonchev–Trinajstić information content (AvgIpc) is 3.08. The van der Waals surface area contributed by atoms with E-state index < -0.39 is 5.97 Å². The molecule has 1 aromatic heterocycles. The van der Waals surface area contributed by atoms with Crippen molar-refractivity contribution in [2.75, 3.05) is 31.8 Å². The summed E-state index contributed by atoms with van der Waals surface area (Å²) >= 11 is 1.16. The maximum absolute atomic E-state index is 11.9. The van der Waals surface area contributed by atoms with Crippen molar-refractivity contribution in [2.45, 2.75) is 19.8 Å². The number of hydrogen-bond donors (Lipinski definition) is 3. The molecule has 6 nitrogen and oxygen atoms in total. The third kappa shape index (κ3) is 2.72. The van der Waals surface area contributed by atoms with E-state index in [1.54, 1.807) is 0 Å². The van der Waals surface area contributed by atoms with Gasteiger partial charge in [0.2, 0.25) is 0 Å². The molecule has 1 amide bonds. The summed E-state index contributed by atoms with van der Waals surface area (Å²) in [6.45, 7) is 2.94. The van der Waals surface area contributed by atoms with Crippen LogP contribution in [-0.2, 0) is 4.74 Å². The minimum Gasteiger partial charge on any atom is -0.465 e. The van der Waals surface area contributed by atoms with Gasteiger partial charge in [0.1, 0.15) is 9.88 Å². The molecule has 0 radical (unpaired) electrons. The van der Waals surface area contributed by atoms with Gasteiger partial charge in [0.05, 0.1) is 18.4 Å². The first-order chi connectivity index (χ1) is 9.41. The van der Waals surface area contributed by atoms with Crippen LogP contribution in [0.5, 0.6) is 0 Å². The highest BCUT2D eigenvalue weighted by Crippen LogP contribution is 2.46. The largest absolute Gasteiger partial charge is 0.465 e. The molecular weight excluding hydrogens is 278 g/mol. The molecule has 0 bridgehead atoms. The van der Waals surface area contributed by atoms with Crippen LogP contribution < -0.4 is 16.4 Å². The predicted molar refractivity (Wildman–Crippen MR) is 79.3 cm³/mol. The van der Waals surface area contributed by atoms with Gasteiger partial charge in [0.25, 0.3) is 5.91 Å². The second kappa shape index (κ2) is 5.32. The second-order valence-electron chi connectivity index (χ2n) is 5.28. The van der Waals surface area contributed by atoms with Gasteiger partial charge < -0.3 is 21.1 Å². The third-order valence-electron chi connectivity index (χ3n) is 3.55. The molecule has 1 heterocycles. The van der Waals surface area contributed by atoms with Crippen LogP contribution in [0.4, 0.5) is 10.7 Å². The summed E-state index contributed by atoms with van der Waals surface area (Å²) in [5.74, 6) is -0.833. The molecule has 7 heteroatoms. The first-order valence-electron chi connectivity index (χ1n) is 6.38. The Hall–Kier alpha value is -1.76. The molecule has 1 fully saturated rings. The van der Waals surface area contributed by atoms with Crippen molar-refractivity contribution in [3.8, 4) is 0 Å². The standard InChI is InChI=1S/C13H19N3O3S/c1-13(4-5-13)6-16-11-7(10(17)15-2)8(14)9(20-11)12(18)19-3/h16H,4-6,14H2,1-3H3,(H,15,17). The van der Waals surface area contributed by atoms with Gasteiger partial charge in [-0.3, -0.25) is 4.79 Å². The highest BCUT2D eigenvalue weighted by Gasteiger charge is 2.37. The fraction of sp³-hybridized carbons (Fsp3) is 0.538. The minimum absolute atomic E-state index is 0.171. The van der Waals surface area contributed by atoms with E-state index in [2.05, 4.69) is 22.3 Å². The fourth-order valence-electron chi connectivity index (χ4n) is 1.85. The Morgan fingerprint density at radius 1 is 1.45 bits per heavy atom. The Morgan fingerprint density at radius 3 is 2.60 bits per heavy atom. The molecule has 1 saturated carbocycles. The number of anilines is 2. The van der Waals surface area contributed by atoms with Gasteiger partial charge in [-0.15, -0.1) is 11.3 Å². The Kier molecular flexibility index (Phi) is 3.89. The number of amides is 1. The van der Waals surface area contributed by atoms with E-state index in [9.17, 15) is 9.59 Å². The van der Waals surface area contributed by atoms with Gasteiger partial charge in [-0.2, -0.15) is 0 Å². The number of nitrogens with two attached hydrogens (primary N) is 1. The number of esters is 1. The molecule has 1 aliphatic carbocycles. The van der Waals surface area contributed by atoms with Crippen molar-refractivity contribution in [1.29, 1.82) is 0 Å². The normalized spacial score (nSPS) is 15.6. The molecule has 2 rings (SSSR count). The van der Waals surface area contributed by atoms with Gasteiger partial charge in [0.15, 0.2) is 0 Å². The SMILES string of the molecule is CNC(=O)c1c(NCC2(C)CC2)sc(C(=O)OC)c1N. The van der Waals surface area contributed by atoms with Crippen LogP contribution in [0.2, 0.25) is 0 Å². The Bertz CT molecular complexity index is 549. The number of nitrogens with one attached hydrogen (secondary N) is 2. The number of methoxy groups -OCH3 is 1. The lowest BCUT2D eigenvalue weighted by Gasteiger charge is -2.11. The number of ether oxygens (including phenoxy) is 1. The maximum atomic E-state index is 11.9. The second-order valence-corrected chi connectivity index (χ2v) is 6.30. The molecule has 0 aliphatic heterocycles. The third-order valence-corrected chi connectivity index (χ3v) is 4.69. The monoisotopic (exact) mass is 297 g/mol. The first-order valence-corrected chi connectivity index (χ1v) is 7.20. The Balaban J connectivity index is 2.32. The maximum Gasteiger partial charge on any atom is 0.350 e. The number of hydrogen-bond acceptors (Lipinski definition) is 6. The minimum atomic E-state index is -0.525. The smallest absolute Gasteiger partial charge is 0.350 e. The molecule has 0 spiro atoms. The lowest BCUT2D eigenvalue weighted by Crippen LogP contribution is -2.21. The topological polar surface area (TPSA) is 93.5 Å². The van der Waals surface area contributed by atoms with Crippen LogP contribution in [0.3, 0.4) is 0 Å². The number of carbonyl (C=O) groups is 2. The van der Waals surface area contributed by atoms with E-state index in [-0.39, 0.29) is 21.9 Å². The summed E-state index contributed by atoms with van der Waals surface area (Å²) in [5.41, 5.74) is 6.70. The zero-order valence-corrected chi connectivity index (χ0v) is 12.6. The number of carbonyl (C=O) groups excluding carboxylic acids is 2. The first kappa shape index (κ1) is 14.6. The zero-order valence-electron chi connectivity index (χ0n) is 11.8. The molecule has 110 valence electrons. The number of rotatable bonds is 5. The summed E-state index contributed by atoms with van der Waals surface area (Å²) < 4.78 is 4.69. The van der Waals surface area contributed by atoms with Gasteiger partial charge in [0, 0.05) is 13.6 Å². The van der Waals surface area contributed by atoms with Crippen molar-refractivity contribution < 1.29 is 14.3 Å². The zero-order chi connectivity index (χ0) is 14.9. The van der Waals surface area contributed by atoms with Gasteiger partial charge in [-0.25, -0.2) is 4.79 Å². The van der Waals surface area contributed by atoms with E-state index in [4.69, 9.17) is 5.73 Å². The van der Waals surface area contributed by atoms with E-state index >= 15 is 0 Å².